The van der Waals surface area contributed by atoms with Crippen molar-refractivity contribution in [3.8, 4) is 0 Å². The third-order valence-electron chi connectivity index (χ3n) is 4.51. The van der Waals surface area contributed by atoms with Crippen molar-refractivity contribution >= 4 is 17.7 Å². The molecule has 1 atom stereocenters. The zero-order valence-electron chi connectivity index (χ0n) is 13.1. The van der Waals surface area contributed by atoms with E-state index in [9.17, 15) is 4.79 Å². The second-order valence-corrected chi connectivity index (χ2v) is 5.85. The Morgan fingerprint density at radius 1 is 1.55 bits per heavy atom. The molecule has 22 heavy (non-hydrogen) atoms. The van der Waals surface area contributed by atoms with Crippen LogP contribution in [0.3, 0.4) is 0 Å². The van der Waals surface area contributed by atoms with Gasteiger partial charge in [-0.25, -0.2) is 9.79 Å². The second kappa shape index (κ2) is 5.51. The van der Waals surface area contributed by atoms with E-state index in [1.54, 1.807) is 11.9 Å². The number of rotatable bonds is 2. The Hall–Kier alpha value is -2.24. The maximum absolute atomic E-state index is 12.1. The molecule has 6 heteroatoms. The predicted octanol–water partition coefficient (Wildman–Crippen LogP) is 1.42. The zero-order valence-corrected chi connectivity index (χ0v) is 13.1. The number of nitrogens with zero attached hydrogens (tertiary/aromatic N) is 2. The predicted molar refractivity (Wildman–Crippen MR) is 86.2 cm³/mol. The molecule has 0 saturated carbocycles. The number of fused-ring (bicyclic) bond motifs is 1. The van der Waals surface area contributed by atoms with Gasteiger partial charge in [-0.1, -0.05) is 12.1 Å². The van der Waals surface area contributed by atoms with Gasteiger partial charge in [0, 0.05) is 25.7 Å². The van der Waals surface area contributed by atoms with Crippen LogP contribution in [0.5, 0.6) is 0 Å². The number of nitrogens with one attached hydrogen (secondary N) is 1. The van der Waals surface area contributed by atoms with Crippen LogP contribution in [0.25, 0.3) is 0 Å². The molecule has 1 unspecified atom stereocenters. The number of urea groups is 1. The van der Waals surface area contributed by atoms with Crippen LogP contribution in [0.15, 0.2) is 23.2 Å². The van der Waals surface area contributed by atoms with E-state index in [2.05, 4.69) is 16.4 Å². The van der Waals surface area contributed by atoms with Crippen LogP contribution < -0.4 is 16.0 Å². The largest absolute Gasteiger partial charge is 0.463 e. The first kappa shape index (κ1) is 14.7. The van der Waals surface area contributed by atoms with Crippen LogP contribution in [0, 0.1) is 0 Å². The highest BCUT2D eigenvalue weighted by Gasteiger charge is 2.40. The summed E-state index contributed by atoms with van der Waals surface area (Å²) in [7, 11) is 1.66. The highest BCUT2D eigenvalue weighted by Crippen LogP contribution is 2.38. The molecule has 1 aliphatic heterocycles. The molecule has 0 fully saturated rings. The quantitative estimate of drug-likeness (QED) is 0.867. The summed E-state index contributed by atoms with van der Waals surface area (Å²) in [6, 6.07) is 6.34. The van der Waals surface area contributed by atoms with E-state index >= 15 is 0 Å². The van der Waals surface area contributed by atoms with Crippen molar-refractivity contribution in [1.82, 2.24) is 5.32 Å². The summed E-state index contributed by atoms with van der Waals surface area (Å²) in [4.78, 5) is 18.4. The van der Waals surface area contributed by atoms with Gasteiger partial charge in [0.05, 0.1) is 0 Å². The zero-order chi connectivity index (χ0) is 15.7. The van der Waals surface area contributed by atoms with Crippen molar-refractivity contribution in [2.75, 3.05) is 25.1 Å². The Balaban J connectivity index is 1.95. The van der Waals surface area contributed by atoms with Crippen molar-refractivity contribution in [2.45, 2.75) is 31.7 Å². The molecule has 3 rings (SSSR count). The van der Waals surface area contributed by atoms with Gasteiger partial charge in [0.1, 0.15) is 12.1 Å². The van der Waals surface area contributed by atoms with Gasteiger partial charge in [0.2, 0.25) is 0 Å². The lowest BCUT2D eigenvalue weighted by Crippen LogP contribution is -2.40. The van der Waals surface area contributed by atoms with Crippen LogP contribution >= 0.6 is 0 Å². The minimum atomic E-state index is -0.222. The summed E-state index contributed by atoms with van der Waals surface area (Å²) < 4.78 is 5.37. The second-order valence-electron chi connectivity index (χ2n) is 5.85. The van der Waals surface area contributed by atoms with Crippen LogP contribution in [0.4, 0.5) is 10.5 Å². The van der Waals surface area contributed by atoms with Crippen molar-refractivity contribution in [2.24, 2.45) is 10.7 Å². The highest BCUT2D eigenvalue weighted by molar-refractivity contribution is 5.92. The van der Waals surface area contributed by atoms with E-state index in [-0.39, 0.29) is 11.6 Å². The number of hydrogen-bond donors (Lipinski definition) is 2. The Bertz CT molecular complexity index is 629. The summed E-state index contributed by atoms with van der Waals surface area (Å²) in [5.74, 6) is 0. The number of hydrogen-bond acceptors (Lipinski definition) is 4. The Labute approximate surface area is 130 Å². The minimum Gasteiger partial charge on any atom is -0.463 e. The molecule has 0 bridgehead atoms. The van der Waals surface area contributed by atoms with Crippen LogP contribution in [0.1, 0.15) is 24.5 Å². The molecule has 1 aromatic carbocycles. The molecule has 1 aliphatic carbocycles. The van der Waals surface area contributed by atoms with E-state index in [4.69, 9.17) is 10.5 Å². The maximum atomic E-state index is 12.1. The molecule has 2 amide bonds. The topological polar surface area (TPSA) is 80.0 Å². The lowest BCUT2D eigenvalue weighted by Gasteiger charge is -2.33. The lowest BCUT2D eigenvalue weighted by atomic mass is 9.78. The van der Waals surface area contributed by atoms with Crippen LogP contribution in [-0.2, 0) is 17.6 Å². The van der Waals surface area contributed by atoms with Crippen molar-refractivity contribution in [3.63, 3.8) is 0 Å². The average molecular weight is 302 g/mol. The number of amidine groups is 1. The number of anilines is 1. The molecule has 1 heterocycles. The molecule has 0 radical (unpaired) electrons. The number of aliphatic imine (C=N–C) groups is 1. The van der Waals surface area contributed by atoms with E-state index in [1.165, 1.54) is 11.1 Å². The van der Waals surface area contributed by atoms with Crippen molar-refractivity contribution < 1.29 is 9.53 Å². The smallest absolute Gasteiger partial charge is 0.321 e. The Morgan fingerprint density at radius 3 is 3.00 bits per heavy atom. The first-order chi connectivity index (χ1) is 10.6. The number of carbonyl (C=O) groups is 1. The molecule has 2 aliphatic rings. The summed E-state index contributed by atoms with van der Waals surface area (Å²) >= 11 is 0. The van der Waals surface area contributed by atoms with Gasteiger partial charge in [-0.15, -0.1) is 0 Å². The number of carbonyl (C=O) groups excluding carboxylic acids is 1. The highest BCUT2D eigenvalue weighted by atomic mass is 16.5. The fourth-order valence-electron chi connectivity index (χ4n) is 3.41. The minimum absolute atomic E-state index is 0.0809. The van der Waals surface area contributed by atoms with Crippen molar-refractivity contribution in [1.29, 1.82) is 0 Å². The molecule has 6 nitrogen and oxygen atoms in total. The molecule has 1 aromatic rings. The SMILES string of the molecule is CCN(C(=O)NC)c1cccc2c1CCC1(COC(N)=N1)C2. The van der Waals surface area contributed by atoms with E-state index in [0.29, 0.717) is 19.2 Å². The van der Waals surface area contributed by atoms with E-state index in [1.807, 2.05) is 19.1 Å². The molecular weight excluding hydrogens is 280 g/mol. The lowest BCUT2D eigenvalue weighted by molar-refractivity contribution is 0.235. The maximum Gasteiger partial charge on any atom is 0.321 e. The molecule has 1 spiro atoms. The summed E-state index contributed by atoms with van der Waals surface area (Å²) in [5, 5.41) is 2.70. The third kappa shape index (κ3) is 2.38. The summed E-state index contributed by atoms with van der Waals surface area (Å²) in [5.41, 5.74) is 8.92. The number of ether oxygens (including phenoxy) is 1. The number of nitrogens with two attached hydrogens (primary N) is 1. The van der Waals surface area contributed by atoms with E-state index < -0.39 is 0 Å². The van der Waals surface area contributed by atoms with Gasteiger partial charge < -0.3 is 15.8 Å². The van der Waals surface area contributed by atoms with Gasteiger partial charge in [0.25, 0.3) is 6.02 Å². The van der Waals surface area contributed by atoms with E-state index in [0.717, 1.165) is 24.9 Å². The molecule has 0 saturated heterocycles. The van der Waals surface area contributed by atoms with Crippen LogP contribution in [0.2, 0.25) is 0 Å². The first-order valence-electron chi connectivity index (χ1n) is 7.67. The van der Waals surface area contributed by atoms with Gasteiger partial charge in [-0.05, 0) is 37.0 Å². The Morgan fingerprint density at radius 2 is 2.36 bits per heavy atom. The van der Waals surface area contributed by atoms with Crippen molar-refractivity contribution in [3.05, 3.63) is 29.3 Å². The normalized spacial score (nSPS) is 22.7. The summed E-state index contributed by atoms with van der Waals surface area (Å²) in [6.45, 7) is 3.17. The van der Waals surface area contributed by atoms with Gasteiger partial charge in [0.15, 0.2) is 0 Å². The van der Waals surface area contributed by atoms with Gasteiger partial charge in [-0.2, -0.15) is 0 Å². The van der Waals surface area contributed by atoms with Crippen LogP contribution in [-0.4, -0.2) is 37.8 Å². The molecule has 3 N–H and O–H groups in total. The standard InChI is InChI=1S/C16H22N4O2/c1-3-20(15(21)18-2)13-6-4-5-11-9-16(8-7-12(11)13)10-22-14(17)19-16/h4-6H,3,7-10H2,1-2H3,(H2,17,19)(H,18,21). The number of benzene rings is 1. The molecule has 118 valence electrons. The average Bonchev–Trinajstić information content (AvgIpc) is 2.88. The fourth-order valence-corrected chi connectivity index (χ4v) is 3.41. The summed E-state index contributed by atoms with van der Waals surface area (Å²) in [6.07, 6.45) is 2.57. The molecular formula is C16H22N4O2. The fraction of sp³-hybridized carbons (Fsp3) is 0.500. The van der Waals surface area contributed by atoms with Gasteiger partial charge in [-0.3, -0.25) is 4.90 Å². The Kier molecular flexibility index (Phi) is 3.68. The molecule has 0 aromatic heterocycles. The third-order valence-corrected chi connectivity index (χ3v) is 4.51. The monoisotopic (exact) mass is 302 g/mol. The first-order valence-corrected chi connectivity index (χ1v) is 7.67. The number of amides is 2. The van der Waals surface area contributed by atoms with Gasteiger partial charge >= 0.3 is 6.03 Å².